The first kappa shape index (κ1) is 15.2. The van der Waals surface area contributed by atoms with Gasteiger partial charge in [0.2, 0.25) is 0 Å². The van der Waals surface area contributed by atoms with Crippen LogP contribution < -0.4 is 0 Å². The van der Waals surface area contributed by atoms with Gasteiger partial charge in [-0.1, -0.05) is 30.4 Å². The second kappa shape index (κ2) is 6.58. The van der Waals surface area contributed by atoms with E-state index in [1.54, 1.807) is 41.2 Å². The molecule has 1 aromatic carbocycles. The molecule has 3 aromatic rings. The Hall–Kier alpha value is -2.73. The van der Waals surface area contributed by atoms with Crippen molar-refractivity contribution in [1.29, 1.82) is 0 Å². The van der Waals surface area contributed by atoms with Gasteiger partial charge in [0, 0.05) is 31.5 Å². The van der Waals surface area contributed by atoms with E-state index in [0.717, 1.165) is 11.3 Å². The zero-order chi connectivity index (χ0) is 16.2. The number of carbonyl (C=O) groups is 1. The maximum absolute atomic E-state index is 12.5. The van der Waals surface area contributed by atoms with Crippen molar-refractivity contribution in [2.24, 2.45) is 0 Å². The van der Waals surface area contributed by atoms with Crippen LogP contribution in [0, 0.1) is 4.64 Å². The van der Waals surface area contributed by atoms with E-state index in [1.165, 1.54) is 0 Å². The van der Waals surface area contributed by atoms with E-state index in [-0.39, 0.29) is 5.91 Å². The molecule has 0 radical (unpaired) electrons. The number of pyridine rings is 1. The van der Waals surface area contributed by atoms with Crippen molar-refractivity contribution in [3.05, 3.63) is 76.8 Å². The average molecular weight is 324 g/mol. The van der Waals surface area contributed by atoms with Crippen molar-refractivity contribution in [1.82, 2.24) is 19.7 Å². The van der Waals surface area contributed by atoms with Crippen LogP contribution >= 0.6 is 12.2 Å². The standard InChI is InChI=1S/C17H16N4OS/c1-20(17(22)15-8-5-9-18-16(15)23)11-13-10-19-21(12-13)14-6-3-2-4-7-14/h2-10,12H,11H2,1H3,(H,18,23). The number of aromatic amines is 1. The van der Waals surface area contributed by atoms with E-state index < -0.39 is 0 Å². The molecule has 0 spiro atoms. The molecule has 2 aromatic heterocycles. The van der Waals surface area contributed by atoms with Crippen LogP contribution in [0.2, 0.25) is 0 Å². The molecule has 2 heterocycles. The maximum atomic E-state index is 12.5. The number of hydrogen-bond donors (Lipinski definition) is 1. The number of nitrogens with zero attached hydrogens (tertiary/aromatic N) is 3. The molecule has 0 aliphatic heterocycles. The quantitative estimate of drug-likeness (QED) is 0.750. The van der Waals surface area contributed by atoms with E-state index in [9.17, 15) is 4.79 Å². The minimum absolute atomic E-state index is 0.112. The van der Waals surface area contributed by atoms with Crippen LogP contribution in [0.25, 0.3) is 5.69 Å². The van der Waals surface area contributed by atoms with Crippen LogP contribution in [0.3, 0.4) is 0 Å². The van der Waals surface area contributed by atoms with E-state index in [0.29, 0.717) is 16.7 Å². The molecule has 5 nitrogen and oxygen atoms in total. The summed E-state index contributed by atoms with van der Waals surface area (Å²) in [5, 5.41) is 4.34. The van der Waals surface area contributed by atoms with Gasteiger partial charge in [0.1, 0.15) is 4.64 Å². The number of hydrogen-bond acceptors (Lipinski definition) is 3. The highest BCUT2D eigenvalue weighted by Gasteiger charge is 2.14. The highest BCUT2D eigenvalue weighted by atomic mass is 32.1. The molecule has 0 unspecified atom stereocenters. The van der Waals surface area contributed by atoms with Crippen LogP contribution in [0.1, 0.15) is 15.9 Å². The van der Waals surface area contributed by atoms with Crippen molar-refractivity contribution in [3.8, 4) is 5.69 Å². The van der Waals surface area contributed by atoms with Gasteiger partial charge >= 0.3 is 0 Å². The first-order valence-electron chi connectivity index (χ1n) is 7.17. The molecule has 0 saturated heterocycles. The second-order valence-corrected chi connectivity index (χ2v) is 5.61. The third kappa shape index (κ3) is 3.37. The summed E-state index contributed by atoms with van der Waals surface area (Å²) >= 11 is 5.16. The Balaban J connectivity index is 1.75. The van der Waals surface area contributed by atoms with Gasteiger partial charge in [0.15, 0.2) is 0 Å². The molecule has 0 saturated carbocycles. The Morgan fingerprint density at radius 1 is 1.26 bits per heavy atom. The summed E-state index contributed by atoms with van der Waals surface area (Å²) < 4.78 is 2.24. The van der Waals surface area contributed by atoms with Crippen molar-refractivity contribution in [2.45, 2.75) is 6.54 Å². The summed E-state index contributed by atoms with van der Waals surface area (Å²) in [6, 6.07) is 13.3. The third-order valence-corrected chi connectivity index (χ3v) is 3.81. The fourth-order valence-corrected chi connectivity index (χ4v) is 2.53. The van der Waals surface area contributed by atoms with Crippen LogP contribution in [-0.4, -0.2) is 32.6 Å². The summed E-state index contributed by atoms with van der Waals surface area (Å²) in [5.41, 5.74) is 2.44. The minimum Gasteiger partial charge on any atom is -0.352 e. The molecule has 3 rings (SSSR count). The topological polar surface area (TPSA) is 53.9 Å². The molecule has 6 heteroatoms. The van der Waals surface area contributed by atoms with Crippen LogP contribution in [0.5, 0.6) is 0 Å². The Morgan fingerprint density at radius 2 is 2.04 bits per heavy atom. The normalized spacial score (nSPS) is 10.5. The first-order chi connectivity index (χ1) is 11.1. The van der Waals surface area contributed by atoms with E-state index in [2.05, 4.69) is 10.1 Å². The molecule has 0 bridgehead atoms. The molecule has 0 atom stereocenters. The van der Waals surface area contributed by atoms with Gasteiger partial charge in [0.05, 0.1) is 17.4 Å². The molecule has 0 aliphatic carbocycles. The fraction of sp³-hybridized carbons (Fsp3) is 0.118. The lowest BCUT2D eigenvalue weighted by Crippen LogP contribution is -2.26. The number of para-hydroxylation sites is 1. The van der Waals surface area contributed by atoms with Gasteiger partial charge in [0.25, 0.3) is 5.91 Å². The predicted octanol–water partition coefficient (Wildman–Crippen LogP) is 3.20. The van der Waals surface area contributed by atoms with Gasteiger partial charge in [-0.05, 0) is 24.3 Å². The summed E-state index contributed by atoms with van der Waals surface area (Å²) in [6.45, 7) is 0.468. The van der Waals surface area contributed by atoms with Crippen molar-refractivity contribution in [2.75, 3.05) is 7.05 Å². The molecule has 0 fully saturated rings. The molecule has 116 valence electrons. The predicted molar refractivity (Wildman–Crippen MR) is 91.0 cm³/mol. The number of H-pyrrole nitrogens is 1. The number of aromatic nitrogens is 3. The fourth-order valence-electron chi connectivity index (χ4n) is 2.30. The molecule has 1 N–H and O–H groups in total. The summed E-state index contributed by atoms with van der Waals surface area (Å²) in [6.07, 6.45) is 5.40. The molecule has 1 amide bonds. The second-order valence-electron chi connectivity index (χ2n) is 5.20. The summed E-state index contributed by atoms with van der Waals surface area (Å²) in [7, 11) is 1.75. The summed E-state index contributed by atoms with van der Waals surface area (Å²) in [5.74, 6) is -0.112. The molecule has 23 heavy (non-hydrogen) atoms. The van der Waals surface area contributed by atoms with Crippen molar-refractivity contribution >= 4 is 18.1 Å². The smallest absolute Gasteiger partial charge is 0.256 e. The van der Waals surface area contributed by atoms with Crippen LogP contribution in [0.15, 0.2) is 61.1 Å². The Kier molecular flexibility index (Phi) is 4.34. The van der Waals surface area contributed by atoms with Crippen molar-refractivity contribution in [3.63, 3.8) is 0 Å². The highest BCUT2D eigenvalue weighted by molar-refractivity contribution is 7.71. The number of rotatable bonds is 4. The number of benzene rings is 1. The van der Waals surface area contributed by atoms with Gasteiger partial charge in [-0.15, -0.1) is 0 Å². The Bertz CT molecular complexity index is 869. The average Bonchev–Trinajstić information content (AvgIpc) is 3.04. The highest BCUT2D eigenvalue weighted by Crippen LogP contribution is 2.11. The van der Waals surface area contributed by atoms with Gasteiger partial charge in [-0.3, -0.25) is 4.79 Å². The largest absolute Gasteiger partial charge is 0.352 e. The number of nitrogens with one attached hydrogen (secondary N) is 1. The lowest BCUT2D eigenvalue weighted by Gasteiger charge is -2.16. The van der Waals surface area contributed by atoms with Crippen molar-refractivity contribution < 1.29 is 4.79 Å². The number of amides is 1. The van der Waals surface area contributed by atoms with E-state index >= 15 is 0 Å². The Labute approximate surface area is 139 Å². The maximum Gasteiger partial charge on any atom is 0.256 e. The molecular formula is C17H16N4OS. The van der Waals surface area contributed by atoms with E-state index in [4.69, 9.17) is 12.2 Å². The molecular weight excluding hydrogens is 308 g/mol. The first-order valence-corrected chi connectivity index (χ1v) is 7.58. The zero-order valence-corrected chi connectivity index (χ0v) is 13.5. The van der Waals surface area contributed by atoms with E-state index in [1.807, 2.05) is 36.5 Å². The lowest BCUT2D eigenvalue weighted by atomic mass is 10.2. The van der Waals surface area contributed by atoms with Gasteiger partial charge in [-0.2, -0.15) is 5.10 Å². The lowest BCUT2D eigenvalue weighted by molar-refractivity contribution is 0.0784. The van der Waals surface area contributed by atoms with Crippen LogP contribution in [0.4, 0.5) is 0 Å². The number of carbonyl (C=O) groups excluding carboxylic acids is 1. The Morgan fingerprint density at radius 3 is 2.78 bits per heavy atom. The minimum atomic E-state index is -0.112. The van der Waals surface area contributed by atoms with Gasteiger partial charge < -0.3 is 9.88 Å². The zero-order valence-electron chi connectivity index (χ0n) is 12.6. The summed E-state index contributed by atoms with van der Waals surface area (Å²) in [4.78, 5) is 17.0. The van der Waals surface area contributed by atoms with Gasteiger partial charge in [-0.25, -0.2) is 4.68 Å². The molecule has 0 aliphatic rings. The van der Waals surface area contributed by atoms with Crippen LogP contribution in [-0.2, 0) is 6.54 Å². The third-order valence-electron chi connectivity index (χ3n) is 3.47. The SMILES string of the molecule is CN(Cc1cnn(-c2ccccc2)c1)C(=O)c1ccc[nH]c1=S. The monoisotopic (exact) mass is 324 g/mol.